The second-order valence-electron chi connectivity index (χ2n) is 3.86. The van der Waals surface area contributed by atoms with E-state index in [0.29, 0.717) is 6.07 Å². The van der Waals surface area contributed by atoms with Gasteiger partial charge in [0.25, 0.3) is 5.69 Å². The maximum absolute atomic E-state index is 13.4. The number of hydrogen-bond donors (Lipinski definition) is 0. The Morgan fingerprint density at radius 3 is 2.55 bits per heavy atom. The van der Waals surface area contributed by atoms with Crippen molar-refractivity contribution in [1.82, 2.24) is 0 Å². The second-order valence-corrected chi connectivity index (χ2v) is 3.86. The molecule has 0 heterocycles. The normalized spacial score (nSPS) is 12.6. The Balaban J connectivity index is 2.93. The lowest BCUT2D eigenvalue weighted by molar-refractivity contribution is -0.385. The quantitative estimate of drug-likeness (QED) is 0.485. The minimum Gasteiger partial charge on any atom is -0.489 e. The molecule has 1 aromatic rings. The fraction of sp³-hybridized carbons (Fsp3) is 0.364. The zero-order valence-corrected chi connectivity index (χ0v) is 10.1. The molecule has 0 amide bonds. The maximum atomic E-state index is 13.4. The molecule has 0 aromatic heterocycles. The molecule has 20 heavy (non-hydrogen) atoms. The Morgan fingerprint density at radius 1 is 1.50 bits per heavy atom. The standard InChI is InChI=1S/C11H8F4N2O3/c1-6-2-10(8(12)3-9(6)17(18)19)20-5-7(4-16)11(13,14)15/h2-3,7H,5H2,1H3. The van der Waals surface area contributed by atoms with Gasteiger partial charge in [0.15, 0.2) is 17.5 Å². The van der Waals surface area contributed by atoms with Crippen molar-refractivity contribution in [2.45, 2.75) is 13.1 Å². The number of hydrogen-bond acceptors (Lipinski definition) is 4. The molecule has 1 atom stereocenters. The van der Waals surface area contributed by atoms with Gasteiger partial charge in [-0.1, -0.05) is 0 Å². The third-order valence-corrected chi connectivity index (χ3v) is 2.40. The highest BCUT2D eigenvalue weighted by Gasteiger charge is 2.40. The van der Waals surface area contributed by atoms with Crippen molar-refractivity contribution in [2.24, 2.45) is 5.92 Å². The lowest BCUT2D eigenvalue weighted by atomic mass is 10.1. The van der Waals surface area contributed by atoms with Crippen LogP contribution in [-0.4, -0.2) is 17.7 Å². The topological polar surface area (TPSA) is 76.2 Å². The zero-order chi connectivity index (χ0) is 15.5. The number of halogens is 4. The van der Waals surface area contributed by atoms with Gasteiger partial charge in [0.2, 0.25) is 0 Å². The van der Waals surface area contributed by atoms with E-state index in [2.05, 4.69) is 4.74 Å². The molecule has 0 saturated carbocycles. The van der Waals surface area contributed by atoms with E-state index >= 15 is 0 Å². The summed E-state index contributed by atoms with van der Waals surface area (Å²) in [6.45, 7) is 0.199. The Labute approximate surface area is 110 Å². The smallest absolute Gasteiger partial charge is 0.407 e. The van der Waals surface area contributed by atoms with Gasteiger partial charge < -0.3 is 4.74 Å². The minimum absolute atomic E-state index is 0.0342. The molecule has 9 heteroatoms. The van der Waals surface area contributed by atoms with E-state index in [0.717, 1.165) is 12.1 Å². The number of ether oxygens (including phenoxy) is 1. The lowest BCUT2D eigenvalue weighted by Gasteiger charge is -2.14. The van der Waals surface area contributed by atoms with E-state index in [9.17, 15) is 27.7 Å². The van der Waals surface area contributed by atoms with Crippen molar-refractivity contribution in [3.8, 4) is 11.8 Å². The van der Waals surface area contributed by atoms with E-state index in [1.54, 1.807) is 0 Å². The first kappa shape index (κ1) is 15.7. The molecule has 1 rings (SSSR count). The summed E-state index contributed by atoms with van der Waals surface area (Å²) in [4.78, 5) is 9.71. The van der Waals surface area contributed by atoms with Gasteiger partial charge in [-0.25, -0.2) is 4.39 Å². The molecule has 1 aromatic carbocycles. The van der Waals surface area contributed by atoms with Crippen LogP contribution in [0.1, 0.15) is 5.56 Å². The van der Waals surface area contributed by atoms with Crippen molar-refractivity contribution in [1.29, 1.82) is 5.26 Å². The van der Waals surface area contributed by atoms with Crippen LogP contribution in [0.2, 0.25) is 0 Å². The highest BCUT2D eigenvalue weighted by molar-refractivity contribution is 5.45. The summed E-state index contributed by atoms with van der Waals surface area (Å²) >= 11 is 0. The van der Waals surface area contributed by atoms with E-state index in [-0.39, 0.29) is 5.56 Å². The predicted molar refractivity (Wildman–Crippen MR) is 58.4 cm³/mol. The minimum atomic E-state index is -4.79. The largest absolute Gasteiger partial charge is 0.489 e. The number of nitrogens with zero attached hydrogens (tertiary/aromatic N) is 2. The fourth-order valence-electron chi connectivity index (χ4n) is 1.33. The van der Waals surface area contributed by atoms with Crippen LogP contribution in [-0.2, 0) is 0 Å². The second kappa shape index (κ2) is 5.73. The molecule has 0 aliphatic rings. The Morgan fingerprint density at radius 2 is 2.10 bits per heavy atom. The summed E-state index contributed by atoms with van der Waals surface area (Å²) in [7, 11) is 0. The number of nitro groups is 1. The summed E-state index contributed by atoms with van der Waals surface area (Å²) in [6, 6.07) is 2.47. The molecule has 0 fully saturated rings. The van der Waals surface area contributed by atoms with Crippen LogP contribution < -0.4 is 4.74 Å². The van der Waals surface area contributed by atoms with Crippen LogP contribution in [0, 0.1) is 40.1 Å². The van der Waals surface area contributed by atoms with Gasteiger partial charge >= 0.3 is 6.18 Å². The van der Waals surface area contributed by atoms with Gasteiger partial charge in [0.1, 0.15) is 6.61 Å². The number of nitriles is 1. The summed E-state index contributed by atoms with van der Waals surface area (Å²) in [5.41, 5.74) is -0.477. The fourth-order valence-corrected chi connectivity index (χ4v) is 1.33. The third-order valence-electron chi connectivity index (χ3n) is 2.40. The summed E-state index contributed by atoms with van der Waals surface area (Å²) in [5, 5.41) is 18.9. The average Bonchev–Trinajstić information content (AvgIpc) is 2.31. The molecule has 0 spiro atoms. The number of alkyl halides is 3. The van der Waals surface area contributed by atoms with Crippen molar-refractivity contribution >= 4 is 5.69 Å². The maximum Gasteiger partial charge on any atom is 0.407 e. The van der Waals surface area contributed by atoms with Crippen molar-refractivity contribution in [2.75, 3.05) is 6.61 Å². The van der Waals surface area contributed by atoms with Crippen LogP contribution in [0.25, 0.3) is 0 Å². The summed E-state index contributed by atoms with van der Waals surface area (Å²) in [6.07, 6.45) is -4.79. The summed E-state index contributed by atoms with van der Waals surface area (Å²) < 4.78 is 54.9. The average molecular weight is 292 g/mol. The van der Waals surface area contributed by atoms with E-state index in [1.807, 2.05) is 0 Å². The van der Waals surface area contributed by atoms with Gasteiger partial charge in [-0.3, -0.25) is 10.1 Å². The van der Waals surface area contributed by atoms with Crippen LogP contribution in [0.5, 0.6) is 5.75 Å². The Hall–Kier alpha value is -2.37. The highest BCUT2D eigenvalue weighted by atomic mass is 19.4. The molecule has 1 unspecified atom stereocenters. The third kappa shape index (κ3) is 3.57. The molecule has 0 N–H and O–H groups in total. The van der Waals surface area contributed by atoms with Gasteiger partial charge in [0.05, 0.1) is 17.1 Å². The number of nitro benzene ring substituents is 1. The molecule has 0 aliphatic heterocycles. The molecule has 0 radical (unpaired) electrons. The first-order chi connectivity index (χ1) is 9.16. The molecule has 0 saturated heterocycles. The van der Waals surface area contributed by atoms with Crippen molar-refractivity contribution < 1.29 is 27.2 Å². The zero-order valence-electron chi connectivity index (χ0n) is 10.1. The molecule has 0 bridgehead atoms. The number of aryl methyl sites for hydroxylation is 1. The molecule has 108 valence electrons. The molecular formula is C11H8F4N2O3. The van der Waals surface area contributed by atoms with Gasteiger partial charge in [-0.2, -0.15) is 18.4 Å². The van der Waals surface area contributed by atoms with Crippen molar-refractivity contribution in [3.63, 3.8) is 0 Å². The SMILES string of the molecule is Cc1cc(OCC(C#N)C(F)(F)F)c(F)cc1[N+](=O)[O-]. The lowest BCUT2D eigenvalue weighted by Crippen LogP contribution is -2.27. The van der Waals surface area contributed by atoms with Gasteiger partial charge in [0, 0.05) is 5.56 Å². The van der Waals surface area contributed by atoms with E-state index in [4.69, 9.17) is 5.26 Å². The number of benzene rings is 1. The van der Waals surface area contributed by atoms with Crippen LogP contribution >= 0.6 is 0 Å². The monoisotopic (exact) mass is 292 g/mol. The van der Waals surface area contributed by atoms with E-state index in [1.165, 1.54) is 6.92 Å². The highest BCUT2D eigenvalue weighted by Crippen LogP contribution is 2.30. The van der Waals surface area contributed by atoms with Crippen molar-refractivity contribution in [3.05, 3.63) is 33.6 Å². The molecule has 5 nitrogen and oxygen atoms in total. The Bertz CT molecular complexity index is 566. The first-order valence-electron chi connectivity index (χ1n) is 5.20. The summed E-state index contributed by atoms with van der Waals surface area (Å²) in [5.74, 6) is -4.14. The first-order valence-corrected chi connectivity index (χ1v) is 5.20. The number of rotatable bonds is 4. The Kier molecular flexibility index (Phi) is 4.49. The molecular weight excluding hydrogens is 284 g/mol. The molecule has 0 aliphatic carbocycles. The predicted octanol–water partition coefficient (Wildman–Crippen LogP) is 3.12. The van der Waals surface area contributed by atoms with Gasteiger partial charge in [-0.05, 0) is 13.0 Å². The van der Waals surface area contributed by atoms with Crippen LogP contribution in [0.3, 0.4) is 0 Å². The van der Waals surface area contributed by atoms with Crippen LogP contribution in [0.4, 0.5) is 23.2 Å². The van der Waals surface area contributed by atoms with E-state index < -0.39 is 40.9 Å². The van der Waals surface area contributed by atoms with Crippen LogP contribution in [0.15, 0.2) is 12.1 Å². The van der Waals surface area contributed by atoms with Gasteiger partial charge in [-0.15, -0.1) is 0 Å².